The van der Waals surface area contributed by atoms with E-state index in [9.17, 15) is 4.79 Å². The highest BCUT2D eigenvalue weighted by molar-refractivity contribution is 7.99. The Morgan fingerprint density at radius 1 is 1.08 bits per heavy atom. The molecule has 0 saturated carbocycles. The van der Waals surface area contributed by atoms with Gasteiger partial charge in [0.15, 0.2) is 0 Å². The molecule has 0 aromatic heterocycles. The molecule has 0 aliphatic rings. The van der Waals surface area contributed by atoms with Crippen LogP contribution < -0.4 is 5.32 Å². The fourth-order valence-electron chi connectivity index (χ4n) is 2.48. The second-order valence-electron chi connectivity index (χ2n) is 7.28. The highest BCUT2D eigenvalue weighted by atomic mass is 35.5. The fourth-order valence-corrected chi connectivity index (χ4v) is 3.41. The van der Waals surface area contributed by atoms with E-state index < -0.39 is 0 Å². The minimum Gasteiger partial charge on any atom is -0.349 e. The second-order valence-corrected chi connectivity index (χ2v) is 8.70. The van der Waals surface area contributed by atoms with Crippen molar-refractivity contribution in [2.75, 3.05) is 5.75 Å². The standard InChI is InChI=1S/C21H26ClNOS/c1-15(17-7-9-18(10-8-17)21(2,3)4)23-20(24)14-25-13-16-5-11-19(22)12-6-16/h5-12,15H,13-14H2,1-4H3,(H,23,24)/t15-/m0/s1. The number of rotatable bonds is 6. The van der Waals surface area contributed by atoms with Crippen LogP contribution in [0.3, 0.4) is 0 Å². The maximum Gasteiger partial charge on any atom is 0.230 e. The molecular weight excluding hydrogens is 350 g/mol. The molecule has 0 bridgehead atoms. The van der Waals surface area contributed by atoms with E-state index in [-0.39, 0.29) is 17.4 Å². The molecule has 25 heavy (non-hydrogen) atoms. The lowest BCUT2D eigenvalue weighted by molar-refractivity contribution is -0.119. The van der Waals surface area contributed by atoms with E-state index in [1.54, 1.807) is 11.8 Å². The van der Waals surface area contributed by atoms with Crippen LogP contribution in [0.4, 0.5) is 0 Å². The van der Waals surface area contributed by atoms with Gasteiger partial charge in [-0.05, 0) is 41.2 Å². The summed E-state index contributed by atoms with van der Waals surface area (Å²) in [5, 5.41) is 3.80. The first-order chi connectivity index (χ1) is 11.8. The molecule has 0 aliphatic carbocycles. The largest absolute Gasteiger partial charge is 0.349 e. The molecule has 0 aliphatic heterocycles. The highest BCUT2D eigenvalue weighted by Gasteiger charge is 2.15. The van der Waals surface area contributed by atoms with Crippen LogP contribution in [0.15, 0.2) is 48.5 Å². The van der Waals surface area contributed by atoms with Crippen molar-refractivity contribution in [1.82, 2.24) is 5.32 Å². The quantitative estimate of drug-likeness (QED) is 0.696. The molecule has 0 unspecified atom stereocenters. The van der Waals surface area contributed by atoms with Crippen molar-refractivity contribution < 1.29 is 4.79 Å². The van der Waals surface area contributed by atoms with Crippen molar-refractivity contribution in [2.45, 2.75) is 44.9 Å². The van der Waals surface area contributed by atoms with E-state index in [0.717, 1.165) is 16.3 Å². The molecule has 0 radical (unpaired) electrons. The molecule has 0 spiro atoms. The Morgan fingerprint density at radius 2 is 1.68 bits per heavy atom. The third-order valence-corrected chi connectivity index (χ3v) is 5.33. The Morgan fingerprint density at radius 3 is 2.24 bits per heavy atom. The minimum atomic E-state index is 0.0117. The second kappa shape index (κ2) is 8.77. The van der Waals surface area contributed by atoms with Crippen LogP contribution >= 0.6 is 23.4 Å². The van der Waals surface area contributed by atoms with Gasteiger partial charge in [0.2, 0.25) is 5.91 Å². The monoisotopic (exact) mass is 375 g/mol. The smallest absolute Gasteiger partial charge is 0.230 e. The summed E-state index contributed by atoms with van der Waals surface area (Å²) in [7, 11) is 0. The molecule has 1 atom stereocenters. The number of thioether (sulfide) groups is 1. The van der Waals surface area contributed by atoms with Crippen LogP contribution in [0.5, 0.6) is 0 Å². The zero-order valence-electron chi connectivity index (χ0n) is 15.3. The molecule has 2 aromatic carbocycles. The van der Waals surface area contributed by atoms with E-state index in [2.05, 4.69) is 50.4 Å². The first-order valence-corrected chi connectivity index (χ1v) is 10.0. The van der Waals surface area contributed by atoms with Crippen molar-refractivity contribution in [3.63, 3.8) is 0 Å². The number of benzene rings is 2. The summed E-state index contributed by atoms with van der Waals surface area (Å²) in [4.78, 5) is 12.1. The molecule has 1 N–H and O–H groups in total. The van der Waals surface area contributed by atoms with Crippen molar-refractivity contribution in [2.24, 2.45) is 0 Å². The van der Waals surface area contributed by atoms with E-state index in [1.807, 2.05) is 31.2 Å². The highest BCUT2D eigenvalue weighted by Crippen LogP contribution is 2.24. The Balaban J connectivity index is 1.80. The van der Waals surface area contributed by atoms with Gasteiger partial charge in [-0.15, -0.1) is 11.8 Å². The van der Waals surface area contributed by atoms with Crippen LogP contribution in [0, 0.1) is 0 Å². The number of carbonyl (C=O) groups excluding carboxylic acids is 1. The molecule has 2 nitrogen and oxygen atoms in total. The molecule has 0 fully saturated rings. The van der Waals surface area contributed by atoms with Crippen LogP contribution in [0.25, 0.3) is 0 Å². The third-order valence-electron chi connectivity index (χ3n) is 4.07. The summed E-state index contributed by atoms with van der Waals surface area (Å²) in [6.45, 7) is 8.62. The van der Waals surface area contributed by atoms with Gasteiger partial charge in [-0.1, -0.05) is 68.8 Å². The normalized spacial score (nSPS) is 12.7. The first kappa shape index (κ1) is 19.9. The number of carbonyl (C=O) groups is 1. The fraction of sp³-hybridized carbons (Fsp3) is 0.381. The molecule has 2 aromatic rings. The maximum absolute atomic E-state index is 12.1. The van der Waals surface area contributed by atoms with Crippen LogP contribution in [0.1, 0.15) is 50.4 Å². The lowest BCUT2D eigenvalue weighted by Crippen LogP contribution is -2.28. The van der Waals surface area contributed by atoms with E-state index in [1.165, 1.54) is 11.1 Å². The van der Waals surface area contributed by atoms with Gasteiger partial charge >= 0.3 is 0 Å². The first-order valence-electron chi connectivity index (χ1n) is 8.47. The van der Waals surface area contributed by atoms with Crippen LogP contribution in [0.2, 0.25) is 5.02 Å². The topological polar surface area (TPSA) is 29.1 Å². The number of amides is 1. The molecule has 2 rings (SSSR count). The average Bonchev–Trinajstić information content (AvgIpc) is 2.56. The number of halogens is 1. The van der Waals surface area contributed by atoms with Crippen LogP contribution in [-0.2, 0) is 16.0 Å². The summed E-state index contributed by atoms with van der Waals surface area (Å²) in [6, 6.07) is 16.2. The predicted molar refractivity (Wildman–Crippen MR) is 109 cm³/mol. The molecular formula is C21H26ClNOS. The number of nitrogens with one attached hydrogen (secondary N) is 1. The molecule has 0 saturated heterocycles. The summed E-state index contributed by atoms with van der Waals surface area (Å²) in [6.07, 6.45) is 0. The van der Waals surface area contributed by atoms with Gasteiger partial charge in [0.1, 0.15) is 0 Å². The summed E-state index contributed by atoms with van der Waals surface area (Å²) in [5.74, 6) is 1.32. The van der Waals surface area contributed by atoms with Gasteiger partial charge in [-0.25, -0.2) is 0 Å². The molecule has 1 amide bonds. The zero-order valence-corrected chi connectivity index (χ0v) is 16.9. The Hall–Kier alpha value is -1.45. The lowest BCUT2D eigenvalue weighted by Gasteiger charge is -2.20. The van der Waals surface area contributed by atoms with E-state index in [0.29, 0.717) is 5.75 Å². The van der Waals surface area contributed by atoms with Gasteiger partial charge in [0.25, 0.3) is 0 Å². The summed E-state index contributed by atoms with van der Waals surface area (Å²) < 4.78 is 0. The van der Waals surface area contributed by atoms with Crippen molar-refractivity contribution in [1.29, 1.82) is 0 Å². The average molecular weight is 376 g/mol. The van der Waals surface area contributed by atoms with Crippen molar-refractivity contribution in [3.8, 4) is 0 Å². The van der Waals surface area contributed by atoms with E-state index in [4.69, 9.17) is 11.6 Å². The summed E-state index contributed by atoms with van der Waals surface area (Å²) in [5.41, 5.74) is 3.74. The van der Waals surface area contributed by atoms with Crippen LogP contribution in [-0.4, -0.2) is 11.7 Å². The number of hydrogen-bond donors (Lipinski definition) is 1. The Bertz CT molecular complexity index is 689. The SMILES string of the molecule is C[C@H](NC(=O)CSCc1ccc(Cl)cc1)c1ccc(C(C)(C)C)cc1. The third kappa shape index (κ3) is 6.41. The predicted octanol–water partition coefficient (Wildman–Crippen LogP) is 5.75. The minimum absolute atomic E-state index is 0.0117. The van der Waals surface area contributed by atoms with Gasteiger partial charge in [-0.2, -0.15) is 0 Å². The Kier molecular flexibility index (Phi) is 6.97. The van der Waals surface area contributed by atoms with E-state index >= 15 is 0 Å². The number of hydrogen-bond acceptors (Lipinski definition) is 2. The molecule has 4 heteroatoms. The van der Waals surface area contributed by atoms with Gasteiger partial charge in [0, 0.05) is 10.8 Å². The maximum atomic E-state index is 12.1. The lowest BCUT2D eigenvalue weighted by atomic mass is 9.86. The van der Waals surface area contributed by atoms with Crippen molar-refractivity contribution in [3.05, 3.63) is 70.2 Å². The van der Waals surface area contributed by atoms with Gasteiger partial charge in [0.05, 0.1) is 11.8 Å². The zero-order chi connectivity index (χ0) is 18.4. The molecule has 134 valence electrons. The Labute approximate surface area is 160 Å². The van der Waals surface area contributed by atoms with Gasteiger partial charge < -0.3 is 5.32 Å². The van der Waals surface area contributed by atoms with Crippen molar-refractivity contribution >= 4 is 29.3 Å². The summed E-state index contributed by atoms with van der Waals surface area (Å²) >= 11 is 7.48. The molecule has 0 heterocycles. The van der Waals surface area contributed by atoms with Gasteiger partial charge in [-0.3, -0.25) is 4.79 Å².